The molecule has 0 saturated carbocycles. The Labute approximate surface area is 84.4 Å². The van der Waals surface area contributed by atoms with Crippen molar-refractivity contribution in [2.24, 2.45) is 0 Å². The molecular weight excluding hydrogens is 178 g/mol. The van der Waals surface area contributed by atoms with Gasteiger partial charge in [-0.3, -0.25) is 0 Å². The predicted octanol–water partition coefficient (Wildman–Crippen LogP) is 2.31. The normalized spacial score (nSPS) is 15.1. The van der Waals surface area contributed by atoms with E-state index >= 15 is 0 Å². The molecule has 1 nitrogen and oxygen atoms in total. The first kappa shape index (κ1) is 9.72. The maximum atomic E-state index is 13.6. The van der Waals surface area contributed by atoms with Crippen molar-refractivity contribution in [1.82, 2.24) is 0 Å². The third-order valence-electron chi connectivity index (χ3n) is 2.81. The summed E-state index contributed by atoms with van der Waals surface area (Å²) < 4.78 is 19.1. The van der Waals surface area contributed by atoms with Gasteiger partial charge in [-0.1, -0.05) is 26.7 Å². The molecule has 0 aliphatic carbocycles. The standard InChI is InChI=1S/C11H14BFO/c1-7(2)9-4-8-6-14-12(3)10(8)5-11(9)13/h4-5,7H,6H2,1-3H3. The molecule has 1 aromatic carbocycles. The van der Waals surface area contributed by atoms with Gasteiger partial charge in [0.05, 0.1) is 6.61 Å². The van der Waals surface area contributed by atoms with Gasteiger partial charge < -0.3 is 4.65 Å². The van der Waals surface area contributed by atoms with E-state index in [1.165, 1.54) is 0 Å². The fraction of sp³-hybridized carbons (Fsp3) is 0.455. The minimum atomic E-state index is -0.101. The maximum Gasteiger partial charge on any atom is 0.324 e. The van der Waals surface area contributed by atoms with E-state index in [9.17, 15) is 4.39 Å². The fourth-order valence-electron chi connectivity index (χ4n) is 1.90. The van der Waals surface area contributed by atoms with Crippen molar-refractivity contribution < 1.29 is 9.04 Å². The molecule has 0 amide bonds. The minimum Gasteiger partial charge on any atom is -0.427 e. The van der Waals surface area contributed by atoms with Crippen LogP contribution in [0.3, 0.4) is 0 Å². The summed E-state index contributed by atoms with van der Waals surface area (Å²) in [4.78, 5) is 0. The Bertz CT molecular complexity index is 363. The highest BCUT2D eigenvalue weighted by Crippen LogP contribution is 2.22. The highest BCUT2D eigenvalue weighted by Gasteiger charge is 2.25. The molecule has 1 aromatic rings. The average molecular weight is 192 g/mol. The lowest BCUT2D eigenvalue weighted by Crippen LogP contribution is -2.25. The number of hydrogen-bond donors (Lipinski definition) is 0. The van der Waals surface area contributed by atoms with Crippen molar-refractivity contribution in [3.8, 4) is 0 Å². The molecule has 0 bridgehead atoms. The van der Waals surface area contributed by atoms with Crippen molar-refractivity contribution in [2.45, 2.75) is 33.2 Å². The molecule has 0 N–H and O–H groups in total. The molecule has 0 aromatic heterocycles. The van der Waals surface area contributed by atoms with Gasteiger partial charge in [-0.05, 0) is 28.6 Å². The summed E-state index contributed by atoms with van der Waals surface area (Å²) in [5.41, 5.74) is 2.94. The quantitative estimate of drug-likeness (QED) is 0.620. The Morgan fingerprint density at radius 1 is 1.43 bits per heavy atom. The van der Waals surface area contributed by atoms with Crippen LogP contribution >= 0.6 is 0 Å². The van der Waals surface area contributed by atoms with E-state index in [4.69, 9.17) is 4.65 Å². The Kier molecular flexibility index (Phi) is 2.35. The van der Waals surface area contributed by atoms with Crippen LogP contribution in [0.5, 0.6) is 0 Å². The summed E-state index contributed by atoms with van der Waals surface area (Å²) in [5.74, 6) is 0.132. The molecule has 14 heavy (non-hydrogen) atoms. The van der Waals surface area contributed by atoms with Crippen LogP contribution in [0.2, 0.25) is 6.82 Å². The largest absolute Gasteiger partial charge is 0.427 e. The zero-order valence-electron chi connectivity index (χ0n) is 8.80. The summed E-state index contributed by atoms with van der Waals surface area (Å²) >= 11 is 0. The molecular formula is C11H14BFO. The molecule has 2 rings (SSSR count). The Morgan fingerprint density at radius 2 is 2.14 bits per heavy atom. The van der Waals surface area contributed by atoms with Crippen LogP contribution in [0.25, 0.3) is 0 Å². The third-order valence-corrected chi connectivity index (χ3v) is 2.81. The lowest BCUT2D eigenvalue weighted by atomic mass is 9.64. The first-order chi connectivity index (χ1) is 6.59. The number of halogens is 1. The van der Waals surface area contributed by atoms with Crippen LogP contribution in [0, 0.1) is 5.82 Å². The van der Waals surface area contributed by atoms with Crippen molar-refractivity contribution in [3.63, 3.8) is 0 Å². The SMILES string of the molecule is CB1OCc2cc(C(C)C)c(F)cc21. The number of fused-ring (bicyclic) bond motifs is 1. The van der Waals surface area contributed by atoms with Crippen LogP contribution in [-0.4, -0.2) is 6.92 Å². The van der Waals surface area contributed by atoms with Gasteiger partial charge in [-0.2, -0.15) is 0 Å². The molecule has 1 heterocycles. The molecule has 0 spiro atoms. The zero-order valence-corrected chi connectivity index (χ0v) is 8.80. The first-order valence-electron chi connectivity index (χ1n) is 5.03. The Hall–Kier alpha value is -0.825. The lowest BCUT2D eigenvalue weighted by Gasteiger charge is -2.09. The number of hydrogen-bond acceptors (Lipinski definition) is 1. The molecule has 1 aliphatic heterocycles. The van der Waals surface area contributed by atoms with Crippen LogP contribution < -0.4 is 5.46 Å². The van der Waals surface area contributed by atoms with Gasteiger partial charge in [-0.15, -0.1) is 0 Å². The zero-order chi connectivity index (χ0) is 10.3. The van der Waals surface area contributed by atoms with Gasteiger partial charge in [0, 0.05) is 0 Å². The summed E-state index contributed by atoms with van der Waals surface area (Å²) in [7, 11) is 0. The first-order valence-corrected chi connectivity index (χ1v) is 5.03. The van der Waals surface area contributed by atoms with Gasteiger partial charge in [0.15, 0.2) is 0 Å². The van der Waals surface area contributed by atoms with Crippen molar-refractivity contribution >= 4 is 12.4 Å². The van der Waals surface area contributed by atoms with Crippen LogP contribution in [0.1, 0.15) is 30.9 Å². The van der Waals surface area contributed by atoms with Gasteiger partial charge in [-0.25, -0.2) is 4.39 Å². The van der Waals surface area contributed by atoms with Gasteiger partial charge in [0.1, 0.15) is 5.82 Å². The minimum absolute atomic E-state index is 0.0423. The van der Waals surface area contributed by atoms with E-state index in [2.05, 4.69) is 0 Å². The molecule has 1 aliphatic rings. The third kappa shape index (κ3) is 1.46. The van der Waals surface area contributed by atoms with E-state index in [0.29, 0.717) is 6.61 Å². The van der Waals surface area contributed by atoms with Crippen molar-refractivity contribution in [3.05, 3.63) is 29.1 Å². The van der Waals surface area contributed by atoms with E-state index < -0.39 is 0 Å². The Morgan fingerprint density at radius 3 is 2.79 bits per heavy atom. The topological polar surface area (TPSA) is 9.23 Å². The maximum absolute atomic E-state index is 13.6. The average Bonchev–Trinajstić information content (AvgIpc) is 2.46. The molecule has 0 unspecified atom stereocenters. The summed E-state index contributed by atoms with van der Waals surface area (Å²) in [6, 6.07) is 3.57. The van der Waals surface area contributed by atoms with Crippen molar-refractivity contribution in [1.29, 1.82) is 0 Å². The summed E-state index contributed by atoms with van der Waals surface area (Å²) in [6.45, 7) is 6.63. The van der Waals surface area contributed by atoms with Crippen molar-refractivity contribution in [2.75, 3.05) is 0 Å². The number of rotatable bonds is 1. The molecule has 0 saturated heterocycles. The molecule has 74 valence electrons. The van der Waals surface area contributed by atoms with E-state index in [-0.39, 0.29) is 18.7 Å². The smallest absolute Gasteiger partial charge is 0.324 e. The second kappa shape index (κ2) is 3.39. The molecule has 0 radical (unpaired) electrons. The predicted molar refractivity (Wildman–Crippen MR) is 56.5 cm³/mol. The Balaban J connectivity index is 2.50. The number of benzene rings is 1. The van der Waals surface area contributed by atoms with Crippen LogP contribution in [-0.2, 0) is 11.3 Å². The lowest BCUT2D eigenvalue weighted by molar-refractivity contribution is 0.333. The molecule has 0 atom stereocenters. The van der Waals surface area contributed by atoms with Gasteiger partial charge in [0.25, 0.3) is 0 Å². The second-order valence-electron chi connectivity index (χ2n) is 4.18. The van der Waals surface area contributed by atoms with Gasteiger partial charge in [0.2, 0.25) is 0 Å². The second-order valence-corrected chi connectivity index (χ2v) is 4.18. The van der Waals surface area contributed by atoms with E-state index in [1.807, 2.05) is 26.7 Å². The highest BCUT2D eigenvalue weighted by atomic mass is 19.1. The van der Waals surface area contributed by atoms with E-state index in [0.717, 1.165) is 16.6 Å². The van der Waals surface area contributed by atoms with Crippen LogP contribution in [0.15, 0.2) is 12.1 Å². The molecule has 0 fully saturated rings. The van der Waals surface area contributed by atoms with E-state index in [1.54, 1.807) is 6.07 Å². The summed E-state index contributed by atoms with van der Waals surface area (Å²) in [5, 5.41) is 0. The fourth-order valence-corrected chi connectivity index (χ4v) is 1.90. The summed E-state index contributed by atoms with van der Waals surface area (Å²) in [6.07, 6.45) is 0. The highest BCUT2D eigenvalue weighted by molar-refractivity contribution is 6.67. The van der Waals surface area contributed by atoms with Crippen LogP contribution in [0.4, 0.5) is 4.39 Å². The monoisotopic (exact) mass is 192 g/mol. The molecule has 3 heteroatoms. The van der Waals surface area contributed by atoms with Gasteiger partial charge >= 0.3 is 6.92 Å².